The van der Waals surface area contributed by atoms with Crippen molar-refractivity contribution >= 4 is 12.1 Å². The first kappa shape index (κ1) is 24.8. The lowest BCUT2D eigenvalue weighted by Crippen LogP contribution is -2.46. The second-order valence-corrected chi connectivity index (χ2v) is 8.57. The molecule has 172 valence electrons. The van der Waals surface area contributed by atoms with Gasteiger partial charge in [0.1, 0.15) is 12.2 Å². The maximum Gasteiger partial charge on any atom is 0.407 e. The summed E-state index contributed by atoms with van der Waals surface area (Å²) in [5.74, 6) is -1.34. The van der Waals surface area contributed by atoms with E-state index in [-0.39, 0.29) is 13.0 Å². The molecule has 0 spiro atoms. The van der Waals surface area contributed by atoms with Crippen molar-refractivity contribution in [1.29, 1.82) is 0 Å². The molecule has 2 aromatic carbocycles. The van der Waals surface area contributed by atoms with Crippen molar-refractivity contribution in [1.82, 2.24) is 5.32 Å². The van der Waals surface area contributed by atoms with Crippen LogP contribution in [0, 0.1) is 16.0 Å². The fraction of sp³-hybridized carbons (Fsp3) is 0.417. The van der Waals surface area contributed by atoms with Gasteiger partial charge in [-0.25, -0.2) is 4.79 Å². The summed E-state index contributed by atoms with van der Waals surface area (Å²) in [5, 5.41) is 14.1. The van der Waals surface area contributed by atoms with Gasteiger partial charge in [0, 0.05) is 11.0 Å². The van der Waals surface area contributed by atoms with Crippen LogP contribution >= 0.6 is 0 Å². The molecule has 0 unspecified atom stereocenters. The zero-order chi connectivity index (χ0) is 23.6. The number of hydrogen-bond donors (Lipinski definition) is 1. The van der Waals surface area contributed by atoms with Gasteiger partial charge in [0.2, 0.25) is 6.54 Å². The summed E-state index contributed by atoms with van der Waals surface area (Å²) < 4.78 is 10.7. The fourth-order valence-electron chi connectivity index (χ4n) is 3.20. The normalized spacial score (nSPS) is 13.0. The fourth-order valence-corrected chi connectivity index (χ4v) is 3.20. The molecular formula is C24H30N2O6. The average Bonchev–Trinajstić information content (AvgIpc) is 2.71. The molecule has 0 radical (unpaired) electrons. The van der Waals surface area contributed by atoms with E-state index in [0.717, 1.165) is 11.1 Å². The lowest BCUT2D eigenvalue weighted by molar-refractivity contribution is -0.488. The Morgan fingerprint density at radius 1 is 1.00 bits per heavy atom. The van der Waals surface area contributed by atoms with Gasteiger partial charge in [0.25, 0.3) is 0 Å². The Balaban J connectivity index is 2.14. The summed E-state index contributed by atoms with van der Waals surface area (Å²) in [6, 6.07) is 17.7. The van der Waals surface area contributed by atoms with Crippen LogP contribution in [0.2, 0.25) is 0 Å². The number of ether oxygens (including phenoxy) is 2. The molecule has 0 saturated carbocycles. The SMILES string of the molecule is CC(C)(C)OC(=O)N[C@@H](Cc1ccccc1)[C@H](CC(=O)OCc1ccccc1)C[N+](=O)[O-]. The van der Waals surface area contributed by atoms with Gasteiger partial charge in [-0.2, -0.15) is 0 Å². The van der Waals surface area contributed by atoms with Crippen LogP contribution in [0.15, 0.2) is 60.7 Å². The van der Waals surface area contributed by atoms with E-state index in [1.807, 2.05) is 60.7 Å². The Morgan fingerprint density at radius 3 is 2.09 bits per heavy atom. The highest BCUT2D eigenvalue weighted by Gasteiger charge is 2.32. The number of esters is 1. The molecule has 0 bridgehead atoms. The van der Waals surface area contributed by atoms with Crippen molar-refractivity contribution < 1.29 is 24.0 Å². The predicted molar refractivity (Wildman–Crippen MR) is 120 cm³/mol. The highest BCUT2D eigenvalue weighted by molar-refractivity contribution is 5.71. The van der Waals surface area contributed by atoms with E-state index in [0.29, 0.717) is 6.42 Å². The average molecular weight is 443 g/mol. The van der Waals surface area contributed by atoms with Gasteiger partial charge in [0.05, 0.1) is 12.3 Å². The number of alkyl carbamates (subject to hydrolysis) is 1. The number of carbonyl (C=O) groups is 2. The predicted octanol–water partition coefficient (Wildman–Crippen LogP) is 4.15. The summed E-state index contributed by atoms with van der Waals surface area (Å²) in [6.45, 7) is 4.78. The van der Waals surface area contributed by atoms with Crippen LogP contribution in [-0.4, -0.2) is 35.2 Å². The number of benzene rings is 2. The molecule has 0 saturated heterocycles. The zero-order valence-electron chi connectivity index (χ0n) is 18.7. The smallest absolute Gasteiger partial charge is 0.407 e. The first-order valence-electron chi connectivity index (χ1n) is 10.5. The van der Waals surface area contributed by atoms with Gasteiger partial charge in [-0.05, 0) is 38.3 Å². The number of nitrogens with zero attached hydrogens (tertiary/aromatic N) is 1. The first-order chi connectivity index (χ1) is 15.1. The minimum Gasteiger partial charge on any atom is -0.461 e. The van der Waals surface area contributed by atoms with Crippen LogP contribution in [0.3, 0.4) is 0 Å². The standard InChI is InChI=1S/C24H30N2O6/c1-24(2,3)32-23(28)25-21(14-18-10-6-4-7-11-18)20(16-26(29)30)15-22(27)31-17-19-12-8-5-9-13-19/h4-13,20-21H,14-17H2,1-3H3,(H,25,28)/t20-,21+/m1/s1. The molecule has 0 aliphatic heterocycles. The third-order valence-electron chi connectivity index (χ3n) is 4.62. The van der Waals surface area contributed by atoms with Crippen LogP contribution < -0.4 is 5.32 Å². The second-order valence-electron chi connectivity index (χ2n) is 8.57. The van der Waals surface area contributed by atoms with Crippen LogP contribution in [0.1, 0.15) is 38.3 Å². The highest BCUT2D eigenvalue weighted by atomic mass is 16.6. The number of rotatable bonds is 10. The molecule has 2 aromatic rings. The van der Waals surface area contributed by atoms with Crippen LogP contribution in [0.5, 0.6) is 0 Å². The number of hydrogen-bond acceptors (Lipinski definition) is 6. The summed E-state index contributed by atoms with van der Waals surface area (Å²) in [5.41, 5.74) is 0.966. The van der Waals surface area contributed by atoms with Crippen molar-refractivity contribution in [3.8, 4) is 0 Å². The van der Waals surface area contributed by atoms with E-state index in [1.165, 1.54) is 0 Å². The Morgan fingerprint density at radius 2 is 1.56 bits per heavy atom. The van der Waals surface area contributed by atoms with Crippen molar-refractivity contribution in [3.05, 3.63) is 81.9 Å². The molecule has 32 heavy (non-hydrogen) atoms. The van der Waals surface area contributed by atoms with Crippen molar-refractivity contribution in [2.24, 2.45) is 5.92 Å². The zero-order valence-corrected chi connectivity index (χ0v) is 18.7. The van der Waals surface area contributed by atoms with E-state index < -0.39 is 41.1 Å². The lowest BCUT2D eigenvalue weighted by atomic mass is 9.90. The molecular weight excluding hydrogens is 412 g/mol. The maximum absolute atomic E-state index is 12.5. The molecule has 0 fully saturated rings. The van der Waals surface area contributed by atoms with Gasteiger partial charge < -0.3 is 14.8 Å². The Hall–Kier alpha value is -3.42. The summed E-state index contributed by atoms with van der Waals surface area (Å²) in [6.07, 6.45) is -0.587. The molecule has 0 aliphatic rings. The molecule has 2 rings (SSSR count). The van der Waals surface area contributed by atoms with Crippen LogP contribution in [0.4, 0.5) is 4.79 Å². The molecule has 1 N–H and O–H groups in total. The van der Waals surface area contributed by atoms with Gasteiger partial charge in [-0.3, -0.25) is 14.9 Å². The van der Waals surface area contributed by atoms with Gasteiger partial charge in [-0.15, -0.1) is 0 Å². The molecule has 8 nitrogen and oxygen atoms in total. The minimum absolute atomic E-state index is 0.0771. The Kier molecular flexibility index (Phi) is 9.19. The van der Waals surface area contributed by atoms with Crippen molar-refractivity contribution in [2.45, 2.75) is 51.9 Å². The molecule has 2 atom stereocenters. The van der Waals surface area contributed by atoms with Crippen molar-refractivity contribution in [2.75, 3.05) is 6.54 Å². The van der Waals surface area contributed by atoms with Gasteiger partial charge >= 0.3 is 12.1 Å². The molecule has 0 aliphatic carbocycles. The molecule has 0 heterocycles. The Labute approximate surface area is 188 Å². The van der Waals surface area contributed by atoms with E-state index in [9.17, 15) is 19.7 Å². The quantitative estimate of drug-likeness (QED) is 0.336. The van der Waals surface area contributed by atoms with E-state index >= 15 is 0 Å². The van der Waals surface area contributed by atoms with Gasteiger partial charge in [-0.1, -0.05) is 60.7 Å². The number of nitrogens with one attached hydrogen (secondary N) is 1. The van der Waals surface area contributed by atoms with Gasteiger partial charge in [0.15, 0.2) is 0 Å². The molecule has 1 amide bonds. The van der Waals surface area contributed by atoms with Crippen molar-refractivity contribution in [3.63, 3.8) is 0 Å². The van der Waals surface area contributed by atoms with Crippen LogP contribution in [0.25, 0.3) is 0 Å². The lowest BCUT2D eigenvalue weighted by Gasteiger charge is -2.27. The number of nitro groups is 1. The molecule has 0 aromatic heterocycles. The van der Waals surface area contributed by atoms with E-state index in [4.69, 9.17) is 9.47 Å². The third kappa shape index (κ3) is 9.59. The minimum atomic E-state index is -0.777. The molecule has 8 heteroatoms. The van der Waals surface area contributed by atoms with Crippen LogP contribution in [-0.2, 0) is 27.3 Å². The first-order valence-corrected chi connectivity index (χ1v) is 10.5. The van der Waals surface area contributed by atoms with E-state index in [1.54, 1.807) is 20.8 Å². The summed E-state index contributed by atoms with van der Waals surface area (Å²) in [7, 11) is 0. The number of carbonyl (C=O) groups excluding carboxylic acids is 2. The van der Waals surface area contributed by atoms with E-state index in [2.05, 4.69) is 5.32 Å². The summed E-state index contributed by atoms with van der Waals surface area (Å²) in [4.78, 5) is 35.8. The topological polar surface area (TPSA) is 108 Å². The monoisotopic (exact) mass is 442 g/mol. The second kappa shape index (κ2) is 11.8. The number of amides is 1. The largest absolute Gasteiger partial charge is 0.461 e. The maximum atomic E-state index is 12.5. The third-order valence-corrected chi connectivity index (χ3v) is 4.62. The highest BCUT2D eigenvalue weighted by Crippen LogP contribution is 2.18. The Bertz CT molecular complexity index is 880. The summed E-state index contributed by atoms with van der Waals surface area (Å²) >= 11 is 0.